The molecule has 24 heavy (non-hydrogen) atoms. The van der Waals surface area contributed by atoms with Gasteiger partial charge in [0.2, 0.25) is 0 Å². The van der Waals surface area contributed by atoms with E-state index in [1.807, 2.05) is 53.9 Å². The van der Waals surface area contributed by atoms with Crippen LogP contribution in [0.3, 0.4) is 0 Å². The van der Waals surface area contributed by atoms with E-state index in [2.05, 4.69) is 10.3 Å². The Bertz CT molecular complexity index is 956. The molecule has 0 saturated heterocycles. The molecule has 118 valence electrons. The molecule has 0 unspecified atom stereocenters. The van der Waals surface area contributed by atoms with Crippen LogP contribution in [0, 0.1) is 0 Å². The number of benzene rings is 1. The smallest absolute Gasteiger partial charge is 0.287 e. The van der Waals surface area contributed by atoms with Crippen LogP contribution in [0.5, 0.6) is 0 Å². The maximum absolute atomic E-state index is 12.3. The summed E-state index contributed by atoms with van der Waals surface area (Å²) in [6.07, 6.45) is 1.76. The largest absolute Gasteiger partial charge is 0.451 e. The summed E-state index contributed by atoms with van der Waals surface area (Å²) in [4.78, 5) is 17.8. The first-order valence-corrected chi connectivity index (χ1v) is 8.43. The molecule has 3 heterocycles. The zero-order valence-electron chi connectivity index (χ0n) is 12.7. The number of amides is 1. The molecular weight excluding hydrogens is 320 g/mol. The van der Waals surface area contributed by atoms with Crippen LogP contribution < -0.4 is 5.32 Å². The molecule has 4 nitrogen and oxygen atoms in total. The van der Waals surface area contributed by atoms with Crippen molar-refractivity contribution >= 4 is 28.2 Å². The second kappa shape index (κ2) is 6.29. The lowest BCUT2D eigenvalue weighted by atomic mass is 10.2. The van der Waals surface area contributed by atoms with E-state index >= 15 is 0 Å². The van der Waals surface area contributed by atoms with Crippen LogP contribution in [0.2, 0.25) is 0 Å². The highest BCUT2D eigenvalue weighted by Crippen LogP contribution is 2.23. The van der Waals surface area contributed by atoms with Gasteiger partial charge in [-0.25, -0.2) is 0 Å². The highest BCUT2D eigenvalue weighted by molar-refractivity contribution is 7.13. The number of nitrogens with one attached hydrogen (secondary N) is 1. The van der Waals surface area contributed by atoms with Gasteiger partial charge in [-0.05, 0) is 41.3 Å². The van der Waals surface area contributed by atoms with Crippen molar-refractivity contribution in [3.63, 3.8) is 0 Å². The number of carbonyl (C=O) groups excluding carboxylic acids is 1. The predicted octanol–water partition coefficient (Wildman–Crippen LogP) is 4.49. The molecule has 0 spiro atoms. The Labute approximate surface area is 142 Å². The summed E-state index contributed by atoms with van der Waals surface area (Å²) in [6, 6.07) is 17.3. The van der Waals surface area contributed by atoms with Gasteiger partial charge in [0.15, 0.2) is 5.76 Å². The first-order chi connectivity index (χ1) is 11.8. The van der Waals surface area contributed by atoms with Crippen LogP contribution in [0.25, 0.3) is 21.5 Å². The number of para-hydroxylation sites is 1. The summed E-state index contributed by atoms with van der Waals surface area (Å²) in [5, 5.41) is 5.84. The summed E-state index contributed by atoms with van der Waals surface area (Å²) in [5.41, 5.74) is 2.63. The fraction of sp³-hybridized carbons (Fsp3) is 0.0526. The molecule has 1 amide bonds. The van der Waals surface area contributed by atoms with Gasteiger partial charge in [0.05, 0.1) is 10.6 Å². The molecule has 0 radical (unpaired) electrons. The van der Waals surface area contributed by atoms with Crippen molar-refractivity contribution in [3.8, 4) is 10.6 Å². The minimum absolute atomic E-state index is 0.222. The van der Waals surface area contributed by atoms with Crippen molar-refractivity contribution in [2.75, 3.05) is 0 Å². The quantitative estimate of drug-likeness (QED) is 0.598. The molecule has 3 aromatic heterocycles. The lowest BCUT2D eigenvalue weighted by Gasteiger charge is -2.05. The Kier molecular flexibility index (Phi) is 3.84. The average Bonchev–Trinajstić information content (AvgIpc) is 3.29. The van der Waals surface area contributed by atoms with E-state index in [1.165, 1.54) is 0 Å². The first kappa shape index (κ1) is 14.7. The molecule has 0 atom stereocenters. The first-order valence-electron chi connectivity index (χ1n) is 7.55. The highest BCUT2D eigenvalue weighted by Gasteiger charge is 2.12. The van der Waals surface area contributed by atoms with Crippen LogP contribution >= 0.6 is 11.3 Å². The van der Waals surface area contributed by atoms with E-state index in [9.17, 15) is 4.79 Å². The third-order valence-electron chi connectivity index (χ3n) is 3.70. The van der Waals surface area contributed by atoms with Crippen LogP contribution in [0.4, 0.5) is 0 Å². The molecule has 0 bridgehead atoms. The molecule has 4 rings (SSSR count). The van der Waals surface area contributed by atoms with E-state index in [-0.39, 0.29) is 5.91 Å². The maximum Gasteiger partial charge on any atom is 0.287 e. The number of aromatic nitrogens is 1. The lowest BCUT2D eigenvalue weighted by molar-refractivity contribution is 0.0925. The third-order valence-corrected chi connectivity index (χ3v) is 4.59. The highest BCUT2D eigenvalue weighted by atomic mass is 32.1. The van der Waals surface area contributed by atoms with E-state index in [4.69, 9.17) is 4.42 Å². The van der Waals surface area contributed by atoms with Gasteiger partial charge in [0, 0.05) is 18.1 Å². The van der Waals surface area contributed by atoms with Crippen molar-refractivity contribution in [3.05, 3.63) is 77.5 Å². The summed E-state index contributed by atoms with van der Waals surface area (Å²) >= 11 is 1.64. The molecule has 0 fully saturated rings. The second-order valence-corrected chi connectivity index (χ2v) is 6.31. The molecule has 0 aliphatic carbocycles. The van der Waals surface area contributed by atoms with Gasteiger partial charge in [-0.3, -0.25) is 9.78 Å². The molecule has 0 aliphatic heterocycles. The fourth-order valence-corrected chi connectivity index (χ4v) is 3.20. The number of rotatable bonds is 4. The van der Waals surface area contributed by atoms with Gasteiger partial charge in [-0.15, -0.1) is 11.3 Å². The van der Waals surface area contributed by atoms with E-state index < -0.39 is 0 Å². The number of fused-ring (bicyclic) bond motifs is 1. The van der Waals surface area contributed by atoms with Gasteiger partial charge in [-0.1, -0.05) is 24.3 Å². The number of pyridine rings is 1. The van der Waals surface area contributed by atoms with Crippen LogP contribution in [-0.4, -0.2) is 10.9 Å². The topological polar surface area (TPSA) is 55.1 Å². The van der Waals surface area contributed by atoms with E-state index in [0.717, 1.165) is 21.5 Å². The minimum Gasteiger partial charge on any atom is -0.451 e. The summed E-state index contributed by atoms with van der Waals surface area (Å²) in [5.74, 6) is 0.101. The van der Waals surface area contributed by atoms with Gasteiger partial charge in [0.25, 0.3) is 5.91 Å². The van der Waals surface area contributed by atoms with Crippen molar-refractivity contribution < 1.29 is 9.21 Å². The number of carbonyl (C=O) groups is 1. The Hall–Kier alpha value is -2.92. The summed E-state index contributed by atoms with van der Waals surface area (Å²) in [7, 11) is 0. The van der Waals surface area contributed by atoms with Crippen molar-refractivity contribution in [2.45, 2.75) is 6.54 Å². The molecule has 0 aliphatic rings. The Morgan fingerprint density at radius 2 is 2.04 bits per heavy atom. The summed E-state index contributed by atoms with van der Waals surface area (Å²) in [6.45, 7) is 0.427. The second-order valence-electron chi connectivity index (χ2n) is 5.36. The Balaban J connectivity index is 1.48. The molecule has 1 N–H and O–H groups in total. The van der Waals surface area contributed by atoms with Crippen LogP contribution in [-0.2, 0) is 6.54 Å². The third kappa shape index (κ3) is 2.94. The average molecular weight is 334 g/mol. The van der Waals surface area contributed by atoms with Crippen molar-refractivity contribution in [2.24, 2.45) is 0 Å². The van der Waals surface area contributed by atoms with Gasteiger partial charge < -0.3 is 9.73 Å². The SMILES string of the molecule is O=C(NCc1ccnc(-c2cccs2)c1)c1cc2ccccc2o1. The van der Waals surface area contributed by atoms with Crippen LogP contribution in [0.15, 0.2) is 70.6 Å². The molecular formula is C19H14N2O2S. The van der Waals surface area contributed by atoms with Gasteiger partial charge in [0.1, 0.15) is 5.58 Å². The predicted molar refractivity (Wildman–Crippen MR) is 94.9 cm³/mol. The van der Waals surface area contributed by atoms with Crippen molar-refractivity contribution in [1.29, 1.82) is 0 Å². The Morgan fingerprint density at radius 1 is 1.12 bits per heavy atom. The van der Waals surface area contributed by atoms with Gasteiger partial charge in [-0.2, -0.15) is 0 Å². The standard InChI is InChI=1S/C19H14N2O2S/c22-19(17-11-14-4-1-2-5-16(14)23-17)21-12-13-7-8-20-15(10-13)18-6-3-9-24-18/h1-11H,12H2,(H,21,22). The van der Waals surface area contributed by atoms with Crippen molar-refractivity contribution in [1.82, 2.24) is 10.3 Å². The fourth-order valence-electron chi connectivity index (χ4n) is 2.51. The zero-order valence-corrected chi connectivity index (χ0v) is 13.5. The number of hydrogen-bond donors (Lipinski definition) is 1. The normalized spacial score (nSPS) is 10.8. The summed E-state index contributed by atoms with van der Waals surface area (Å²) < 4.78 is 5.58. The van der Waals surface area contributed by atoms with Gasteiger partial charge >= 0.3 is 0 Å². The zero-order chi connectivity index (χ0) is 16.4. The lowest BCUT2D eigenvalue weighted by Crippen LogP contribution is -2.22. The number of thiophene rings is 1. The molecule has 4 aromatic rings. The van der Waals surface area contributed by atoms with E-state index in [1.54, 1.807) is 23.6 Å². The molecule has 0 saturated carbocycles. The number of nitrogens with zero attached hydrogens (tertiary/aromatic N) is 1. The molecule has 1 aromatic carbocycles. The minimum atomic E-state index is -0.222. The monoisotopic (exact) mass is 334 g/mol. The Morgan fingerprint density at radius 3 is 2.88 bits per heavy atom. The molecule has 5 heteroatoms. The van der Waals surface area contributed by atoms with E-state index in [0.29, 0.717) is 17.9 Å². The van der Waals surface area contributed by atoms with Crippen LogP contribution in [0.1, 0.15) is 16.1 Å². The maximum atomic E-state index is 12.3. The number of hydrogen-bond acceptors (Lipinski definition) is 4. The number of furan rings is 1.